The second kappa shape index (κ2) is 8.65. The van der Waals surface area contributed by atoms with Crippen molar-refractivity contribution in [3.05, 3.63) is 59.7 Å². The van der Waals surface area contributed by atoms with Crippen LogP contribution in [0, 0.1) is 6.92 Å². The van der Waals surface area contributed by atoms with Crippen LogP contribution >= 0.6 is 0 Å². The maximum atomic E-state index is 13.0. The average Bonchev–Trinajstić information content (AvgIpc) is 3.05. The van der Waals surface area contributed by atoms with Crippen LogP contribution in [-0.2, 0) is 26.4 Å². The number of methoxy groups -OCH3 is 1. The number of carbonyl (C=O) groups is 1. The number of nitrogens with zero attached hydrogens (tertiary/aromatic N) is 1. The van der Waals surface area contributed by atoms with Gasteiger partial charge >= 0.3 is 6.03 Å². The minimum atomic E-state index is -4.10. The Balaban J connectivity index is 1.86. The number of ether oxygens (including phenoxy) is 1. The number of nitrogens with one attached hydrogen (secondary N) is 1. The monoisotopic (exact) mass is 452 g/mol. The first-order valence-corrected chi connectivity index (χ1v) is 12.6. The minimum Gasteiger partial charge on any atom is -0.497 e. The van der Waals surface area contributed by atoms with E-state index in [1.54, 1.807) is 36.4 Å². The molecule has 0 aliphatic carbocycles. The Morgan fingerprint density at radius 2 is 1.90 bits per heavy atom. The molecule has 1 fully saturated rings. The van der Waals surface area contributed by atoms with Crippen molar-refractivity contribution in [3.63, 3.8) is 0 Å². The molecule has 2 aromatic rings. The van der Waals surface area contributed by atoms with Crippen LogP contribution in [0.3, 0.4) is 0 Å². The molecule has 1 aliphatic rings. The fraction of sp³-hybridized carbons (Fsp3) is 0.350. The van der Waals surface area contributed by atoms with Crippen LogP contribution in [0.5, 0.6) is 5.75 Å². The van der Waals surface area contributed by atoms with Crippen molar-refractivity contribution in [1.82, 2.24) is 9.62 Å². The number of hydrogen-bond donors (Lipinski definition) is 1. The Labute approximate surface area is 176 Å². The summed E-state index contributed by atoms with van der Waals surface area (Å²) in [6.45, 7) is 1.87. The summed E-state index contributed by atoms with van der Waals surface area (Å²) in [5.41, 5.74) is 1.58. The first kappa shape index (κ1) is 22.1. The van der Waals surface area contributed by atoms with Gasteiger partial charge < -0.3 is 9.64 Å². The molecule has 0 spiro atoms. The average molecular weight is 453 g/mol. The normalized spacial score (nSPS) is 18.0. The second-order valence-electron chi connectivity index (χ2n) is 7.26. The van der Waals surface area contributed by atoms with Crippen LogP contribution in [0.1, 0.15) is 17.5 Å². The van der Waals surface area contributed by atoms with E-state index in [4.69, 9.17) is 4.74 Å². The number of sulfonamides is 1. The van der Waals surface area contributed by atoms with Crippen molar-refractivity contribution in [3.8, 4) is 5.75 Å². The van der Waals surface area contributed by atoms with Gasteiger partial charge in [-0.15, -0.1) is 0 Å². The van der Waals surface area contributed by atoms with E-state index in [0.29, 0.717) is 11.3 Å². The molecule has 1 aliphatic heterocycles. The van der Waals surface area contributed by atoms with Gasteiger partial charge in [-0.05, 0) is 43.2 Å². The number of sulfone groups is 1. The number of aryl methyl sites for hydroxylation is 1. The van der Waals surface area contributed by atoms with Gasteiger partial charge in [0.15, 0.2) is 9.84 Å². The smallest absolute Gasteiger partial charge is 0.331 e. The van der Waals surface area contributed by atoms with E-state index >= 15 is 0 Å². The third kappa shape index (κ3) is 5.31. The van der Waals surface area contributed by atoms with Gasteiger partial charge in [-0.2, -0.15) is 0 Å². The molecule has 0 aromatic heterocycles. The highest BCUT2D eigenvalue weighted by atomic mass is 32.2. The number of hydrogen-bond acceptors (Lipinski definition) is 6. The molecule has 10 heteroatoms. The van der Waals surface area contributed by atoms with Gasteiger partial charge in [-0.3, -0.25) is 0 Å². The lowest BCUT2D eigenvalue weighted by Gasteiger charge is -2.28. The van der Waals surface area contributed by atoms with Crippen molar-refractivity contribution in [2.45, 2.75) is 30.8 Å². The van der Waals surface area contributed by atoms with E-state index in [-0.39, 0.29) is 29.4 Å². The molecule has 1 atom stereocenters. The SMILES string of the molecule is COc1cccc(CN(C(=O)NS(=O)(=O)c2ccc(C)cc2)C2CCS(=O)(=O)C2)c1. The summed E-state index contributed by atoms with van der Waals surface area (Å²) in [6.07, 6.45) is 0.254. The van der Waals surface area contributed by atoms with Crippen molar-refractivity contribution in [1.29, 1.82) is 0 Å². The lowest BCUT2D eigenvalue weighted by atomic mass is 10.1. The summed E-state index contributed by atoms with van der Waals surface area (Å²) in [4.78, 5) is 14.2. The summed E-state index contributed by atoms with van der Waals surface area (Å²) in [5, 5.41) is 0. The van der Waals surface area contributed by atoms with E-state index < -0.39 is 31.9 Å². The molecule has 0 saturated carbocycles. The molecule has 0 radical (unpaired) electrons. The first-order chi connectivity index (χ1) is 14.1. The zero-order chi connectivity index (χ0) is 21.9. The van der Waals surface area contributed by atoms with E-state index in [2.05, 4.69) is 4.72 Å². The Morgan fingerprint density at radius 3 is 2.50 bits per heavy atom. The summed E-state index contributed by atoms with van der Waals surface area (Å²) < 4.78 is 56.5. The number of benzene rings is 2. The third-order valence-electron chi connectivity index (χ3n) is 4.95. The molecular weight excluding hydrogens is 428 g/mol. The molecule has 2 aromatic carbocycles. The zero-order valence-corrected chi connectivity index (χ0v) is 18.4. The Bertz CT molecular complexity index is 1130. The number of carbonyl (C=O) groups excluding carboxylic acids is 1. The highest BCUT2D eigenvalue weighted by Crippen LogP contribution is 2.22. The van der Waals surface area contributed by atoms with Crippen molar-refractivity contribution in [2.24, 2.45) is 0 Å². The van der Waals surface area contributed by atoms with Crippen molar-refractivity contribution < 1.29 is 26.4 Å². The zero-order valence-electron chi connectivity index (χ0n) is 16.7. The van der Waals surface area contributed by atoms with Crippen LogP contribution in [0.25, 0.3) is 0 Å². The van der Waals surface area contributed by atoms with Crippen LogP contribution < -0.4 is 9.46 Å². The molecule has 0 bridgehead atoms. The minimum absolute atomic E-state index is 0.0374. The highest BCUT2D eigenvalue weighted by molar-refractivity contribution is 7.91. The maximum absolute atomic E-state index is 13.0. The Hall–Kier alpha value is -2.59. The van der Waals surface area contributed by atoms with Gasteiger partial charge in [0, 0.05) is 12.6 Å². The van der Waals surface area contributed by atoms with Crippen molar-refractivity contribution >= 4 is 25.9 Å². The second-order valence-corrected chi connectivity index (χ2v) is 11.2. The quantitative estimate of drug-likeness (QED) is 0.719. The van der Waals surface area contributed by atoms with E-state index in [9.17, 15) is 21.6 Å². The fourth-order valence-corrected chi connectivity index (χ4v) is 6.00. The van der Waals surface area contributed by atoms with Crippen LogP contribution in [0.4, 0.5) is 4.79 Å². The summed E-state index contributed by atoms with van der Waals surface area (Å²) in [7, 11) is -5.86. The standard InChI is InChI=1S/C20H24N2O6S2/c1-15-6-8-19(9-7-15)30(26,27)21-20(23)22(17-10-11-29(24,25)14-17)13-16-4-3-5-18(12-16)28-2/h3-9,12,17H,10-11,13-14H2,1-2H3,(H,21,23). The topological polar surface area (TPSA) is 110 Å². The Morgan fingerprint density at radius 1 is 1.20 bits per heavy atom. The van der Waals surface area contributed by atoms with Gasteiger partial charge in [-0.25, -0.2) is 26.4 Å². The van der Waals surface area contributed by atoms with Gasteiger partial charge in [0.2, 0.25) is 0 Å². The molecule has 2 amide bonds. The molecule has 30 heavy (non-hydrogen) atoms. The van der Waals surface area contributed by atoms with Gasteiger partial charge in [0.25, 0.3) is 10.0 Å². The van der Waals surface area contributed by atoms with E-state index in [0.717, 1.165) is 5.56 Å². The molecule has 1 heterocycles. The molecule has 1 N–H and O–H groups in total. The molecule has 1 unspecified atom stereocenters. The highest BCUT2D eigenvalue weighted by Gasteiger charge is 2.36. The van der Waals surface area contributed by atoms with Crippen LogP contribution in [0.2, 0.25) is 0 Å². The van der Waals surface area contributed by atoms with Crippen molar-refractivity contribution in [2.75, 3.05) is 18.6 Å². The van der Waals surface area contributed by atoms with E-state index in [1.807, 2.05) is 6.92 Å². The number of urea groups is 1. The van der Waals surface area contributed by atoms with E-state index in [1.165, 1.54) is 24.1 Å². The fourth-order valence-electron chi connectivity index (χ4n) is 3.31. The number of rotatable bonds is 6. The predicted molar refractivity (Wildman–Crippen MR) is 112 cm³/mol. The predicted octanol–water partition coefficient (Wildman–Crippen LogP) is 2.09. The van der Waals surface area contributed by atoms with Gasteiger partial charge in [-0.1, -0.05) is 29.8 Å². The summed E-state index contributed by atoms with van der Waals surface area (Å²) in [6, 6.07) is 11.6. The largest absolute Gasteiger partial charge is 0.497 e. The molecule has 1 saturated heterocycles. The first-order valence-electron chi connectivity index (χ1n) is 9.33. The number of amides is 2. The molecule has 3 rings (SSSR count). The van der Waals surface area contributed by atoms with Gasteiger partial charge in [0.05, 0.1) is 23.5 Å². The van der Waals surface area contributed by atoms with Gasteiger partial charge in [0.1, 0.15) is 5.75 Å². The van der Waals surface area contributed by atoms with Crippen LogP contribution in [-0.4, -0.2) is 52.4 Å². The Kier molecular flexibility index (Phi) is 6.37. The van der Waals surface area contributed by atoms with Crippen LogP contribution in [0.15, 0.2) is 53.4 Å². The third-order valence-corrected chi connectivity index (χ3v) is 8.04. The molecule has 8 nitrogen and oxygen atoms in total. The molecule has 162 valence electrons. The lowest BCUT2D eigenvalue weighted by molar-refractivity contribution is 0.182. The lowest BCUT2D eigenvalue weighted by Crippen LogP contribution is -2.48. The maximum Gasteiger partial charge on any atom is 0.331 e. The summed E-state index contributed by atoms with van der Waals surface area (Å²) in [5.74, 6) is 0.346. The summed E-state index contributed by atoms with van der Waals surface area (Å²) >= 11 is 0. The molecular formula is C20H24N2O6S2.